The summed E-state index contributed by atoms with van der Waals surface area (Å²) < 4.78 is 0. The normalized spacial score (nSPS) is 11.2. The molecule has 4 nitrogen and oxygen atoms in total. The van der Waals surface area contributed by atoms with Crippen molar-refractivity contribution < 1.29 is 14.6 Å². The number of rotatable bonds is 4. The maximum Gasteiger partial charge on any atom is 0.242 e. The van der Waals surface area contributed by atoms with E-state index in [-0.39, 0.29) is 5.91 Å². The van der Waals surface area contributed by atoms with E-state index in [1.54, 1.807) is 0 Å². The molecule has 3 N–H and O–H groups in total. The molecule has 0 radical (unpaired) electrons. The second-order valence-electron chi connectivity index (χ2n) is 1.81. The third-order valence-electron chi connectivity index (χ3n) is 0.735. The van der Waals surface area contributed by atoms with E-state index in [0.717, 1.165) is 11.4 Å². The lowest BCUT2D eigenvalue weighted by Crippen LogP contribution is -2.22. The maximum atomic E-state index is 10.3. The summed E-state index contributed by atoms with van der Waals surface area (Å²) in [6.45, 7) is 1.82. The Morgan fingerprint density at radius 1 is 1.73 bits per heavy atom. The highest BCUT2D eigenvalue weighted by Crippen LogP contribution is 2.50. The van der Waals surface area contributed by atoms with Crippen LogP contribution in [0.3, 0.4) is 0 Å². The zero-order valence-electron chi connectivity index (χ0n) is 5.98. The first-order valence-electron chi connectivity index (χ1n) is 2.86. The minimum absolute atomic E-state index is 0.130. The van der Waals surface area contributed by atoms with Crippen molar-refractivity contribution in [3.05, 3.63) is 0 Å². The molecule has 0 rings (SSSR count). The fraction of sp³-hybridized carbons (Fsp3) is 0.750. The van der Waals surface area contributed by atoms with Gasteiger partial charge in [-0.25, -0.2) is 0 Å². The van der Waals surface area contributed by atoms with Gasteiger partial charge in [0.25, 0.3) is 0 Å². The van der Waals surface area contributed by atoms with E-state index in [4.69, 9.17) is 9.79 Å². The lowest BCUT2D eigenvalue weighted by molar-refractivity contribution is -0.118. The molecule has 0 aromatic carbocycles. The van der Waals surface area contributed by atoms with E-state index < -0.39 is 5.69 Å². The summed E-state index contributed by atoms with van der Waals surface area (Å²) in [4.78, 5) is 27.7. The molecule has 0 aliphatic rings. The minimum atomic E-state index is -3.13. The Bertz CT molecular complexity index is 180. The van der Waals surface area contributed by atoms with Gasteiger partial charge in [0.2, 0.25) is 11.6 Å². The van der Waals surface area contributed by atoms with Crippen molar-refractivity contribution in [2.75, 3.05) is 12.3 Å². The summed E-state index contributed by atoms with van der Waals surface area (Å²) in [5, 5.41) is 2.51. The molecule has 11 heavy (non-hydrogen) atoms. The first kappa shape index (κ1) is 11.4. The van der Waals surface area contributed by atoms with Crippen molar-refractivity contribution in [3.63, 3.8) is 0 Å². The van der Waals surface area contributed by atoms with Gasteiger partial charge in [-0.05, 0) is 11.8 Å². The topological polar surface area (TPSA) is 69.6 Å². The first-order valence-corrected chi connectivity index (χ1v) is 7.16. The maximum absolute atomic E-state index is 10.3. The summed E-state index contributed by atoms with van der Waals surface area (Å²) in [6.07, 6.45) is 0. The number of amides is 1. The molecule has 0 saturated carbocycles. The van der Waals surface area contributed by atoms with E-state index in [0.29, 0.717) is 12.3 Å². The predicted molar refractivity (Wildman–Crippen MR) is 49.9 cm³/mol. The van der Waals surface area contributed by atoms with Gasteiger partial charge >= 0.3 is 0 Å². The standard InChI is InChI=1S/C4H10NO3PS2/c1-4(6)5-2-3-11-9(7,8)10/h2-3H2,1H3,(H,5,6)(H2,7,8,10). The van der Waals surface area contributed by atoms with Gasteiger partial charge in [-0.15, -0.1) is 0 Å². The summed E-state index contributed by atoms with van der Waals surface area (Å²) in [5.74, 6) is 0.305. The van der Waals surface area contributed by atoms with E-state index in [1.165, 1.54) is 6.92 Å². The molecule has 0 aliphatic carbocycles. The van der Waals surface area contributed by atoms with Gasteiger partial charge in [0.1, 0.15) is 0 Å². The SMILES string of the molecule is CC(=O)NCCSP(O)(O)=S. The van der Waals surface area contributed by atoms with Crippen molar-refractivity contribution >= 4 is 34.8 Å². The summed E-state index contributed by atoms with van der Waals surface area (Å²) in [7, 11) is 0. The van der Waals surface area contributed by atoms with Crippen LogP contribution in [0.1, 0.15) is 6.92 Å². The molecular weight excluding hydrogens is 205 g/mol. The molecule has 0 unspecified atom stereocenters. The highest BCUT2D eigenvalue weighted by atomic mass is 32.9. The monoisotopic (exact) mass is 215 g/mol. The zero-order chi connectivity index (χ0) is 8.91. The van der Waals surface area contributed by atoms with Crippen molar-refractivity contribution in [2.24, 2.45) is 0 Å². The lowest BCUT2D eigenvalue weighted by Gasteiger charge is -2.05. The van der Waals surface area contributed by atoms with E-state index in [1.807, 2.05) is 0 Å². The molecule has 0 aromatic rings. The molecule has 0 heterocycles. The molecule has 0 aromatic heterocycles. The van der Waals surface area contributed by atoms with Gasteiger partial charge < -0.3 is 15.1 Å². The zero-order valence-corrected chi connectivity index (χ0v) is 8.51. The van der Waals surface area contributed by atoms with E-state index >= 15 is 0 Å². The Balaban J connectivity index is 3.29. The van der Waals surface area contributed by atoms with Gasteiger partial charge in [0.05, 0.1) is 0 Å². The summed E-state index contributed by atoms with van der Waals surface area (Å²) in [5.41, 5.74) is -3.13. The predicted octanol–water partition coefficient (Wildman–Crippen LogP) is 0.0648. The molecular formula is C4H10NO3PS2. The van der Waals surface area contributed by atoms with Gasteiger partial charge in [-0.1, -0.05) is 11.4 Å². The van der Waals surface area contributed by atoms with Crippen molar-refractivity contribution in [2.45, 2.75) is 6.92 Å². The average molecular weight is 215 g/mol. The van der Waals surface area contributed by atoms with Gasteiger partial charge in [-0.3, -0.25) is 4.79 Å². The number of carbonyl (C=O) groups is 1. The molecule has 0 fully saturated rings. The molecule has 66 valence electrons. The Kier molecular flexibility index (Phi) is 5.29. The molecule has 1 amide bonds. The molecule has 0 aliphatic heterocycles. The fourth-order valence-electron chi connectivity index (χ4n) is 0.392. The number of carbonyl (C=O) groups excluding carboxylic acids is 1. The fourth-order valence-corrected chi connectivity index (χ4v) is 2.48. The second kappa shape index (κ2) is 5.11. The van der Waals surface area contributed by atoms with Crippen LogP contribution in [-0.2, 0) is 16.6 Å². The third kappa shape index (κ3) is 10.4. The average Bonchev–Trinajstić information content (AvgIpc) is 1.78. The second-order valence-corrected chi connectivity index (χ2v) is 7.98. The van der Waals surface area contributed by atoms with Gasteiger partial charge in [0.15, 0.2) is 0 Å². The Labute approximate surface area is 74.3 Å². The third-order valence-corrected chi connectivity index (χ3v) is 3.96. The number of hydrogen-bond donors (Lipinski definition) is 3. The quantitative estimate of drug-likeness (QED) is 0.457. The van der Waals surface area contributed by atoms with Gasteiger partial charge in [0, 0.05) is 19.2 Å². The van der Waals surface area contributed by atoms with Crippen LogP contribution >= 0.6 is 17.1 Å². The van der Waals surface area contributed by atoms with Crippen molar-refractivity contribution in [1.29, 1.82) is 0 Å². The number of nitrogens with one attached hydrogen (secondary N) is 1. The molecule has 0 spiro atoms. The molecule has 0 bridgehead atoms. The Hall–Kier alpha value is 0.390. The van der Waals surface area contributed by atoms with Crippen molar-refractivity contribution in [3.8, 4) is 0 Å². The summed E-state index contributed by atoms with van der Waals surface area (Å²) >= 11 is 5.23. The molecule has 0 atom stereocenters. The highest BCUT2D eigenvalue weighted by molar-refractivity contribution is 8.67. The smallest absolute Gasteiger partial charge is 0.242 e. The first-order chi connectivity index (χ1) is 4.92. The van der Waals surface area contributed by atoms with Crippen LogP contribution in [-0.4, -0.2) is 28.0 Å². The van der Waals surface area contributed by atoms with Crippen LogP contribution in [0.4, 0.5) is 0 Å². The lowest BCUT2D eigenvalue weighted by atomic mass is 10.6. The molecule has 0 saturated heterocycles. The van der Waals surface area contributed by atoms with Crippen LogP contribution in [0.15, 0.2) is 0 Å². The van der Waals surface area contributed by atoms with Gasteiger partial charge in [-0.2, -0.15) is 0 Å². The van der Waals surface area contributed by atoms with Crippen LogP contribution < -0.4 is 5.32 Å². The highest BCUT2D eigenvalue weighted by Gasteiger charge is 2.06. The Morgan fingerprint density at radius 3 is 2.64 bits per heavy atom. The molecule has 7 heteroatoms. The van der Waals surface area contributed by atoms with E-state index in [9.17, 15) is 4.79 Å². The Morgan fingerprint density at radius 2 is 2.27 bits per heavy atom. The van der Waals surface area contributed by atoms with Crippen LogP contribution in [0.2, 0.25) is 0 Å². The van der Waals surface area contributed by atoms with E-state index in [2.05, 4.69) is 17.1 Å². The minimum Gasteiger partial charge on any atom is -0.356 e. The largest absolute Gasteiger partial charge is 0.356 e. The summed E-state index contributed by atoms with van der Waals surface area (Å²) in [6, 6.07) is 0. The van der Waals surface area contributed by atoms with Crippen LogP contribution in [0, 0.1) is 0 Å². The van der Waals surface area contributed by atoms with Crippen LogP contribution in [0.5, 0.6) is 0 Å². The van der Waals surface area contributed by atoms with Crippen LogP contribution in [0.25, 0.3) is 0 Å². The number of hydrogen-bond acceptors (Lipinski definition) is 3. The van der Waals surface area contributed by atoms with Crippen molar-refractivity contribution in [1.82, 2.24) is 5.32 Å².